The normalized spacial score (nSPS) is 16.6. The summed E-state index contributed by atoms with van der Waals surface area (Å²) in [7, 11) is 0. The molecule has 5 rings (SSSR count). The molecule has 1 amide bonds. The molecule has 1 aliphatic carbocycles. The van der Waals surface area contributed by atoms with Gasteiger partial charge < -0.3 is 20.6 Å². The van der Waals surface area contributed by atoms with Gasteiger partial charge in [0.05, 0.1) is 17.7 Å². The number of aryl methyl sites for hydroxylation is 1. The Morgan fingerprint density at radius 3 is 2.44 bits per heavy atom. The summed E-state index contributed by atoms with van der Waals surface area (Å²) in [6.45, 7) is 7.68. The summed E-state index contributed by atoms with van der Waals surface area (Å²) in [5.74, 6) is 1.17. The molecule has 2 aliphatic rings. The third-order valence-corrected chi connectivity index (χ3v) is 7.55. The Morgan fingerprint density at radius 2 is 1.78 bits per heavy atom. The molecule has 7 nitrogen and oxygen atoms in total. The lowest BCUT2D eigenvalue weighted by atomic mass is 9.93. The maximum absolute atomic E-state index is 13.6. The van der Waals surface area contributed by atoms with Crippen molar-refractivity contribution >= 4 is 23.2 Å². The van der Waals surface area contributed by atoms with Crippen LogP contribution in [0.25, 0.3) is 11.1 Å². The quantitative estimate of drug-likeness (QED) is 0.423. The van der Waals surface area contributed by atoms with Crippen LogP contribution in [0, 0.1) is 12.3 Å². The van der Waals surface area contributed by atoms with Gasteiger partial charge in [0.25, 0.3) is 5.91 Å². The van der Waals surface area contributed by atoms with Gasteiger partial charge in [-0.1, -0.05) is 6.07 Å². The maximum atomic E-state index is 13.6. The number of hydrogen-bond donors (Lipinski definition) is 3. The van der Waals surface area contributed by atoms with E-state index in [2.05, 4.69) is 27.4 Å². The van der Waals surface area contributed by atoms with Gasteiger partial charge in [-0.25, -0.2) is 4.98 Å². The Kier molecular flexibility index (Phi) is 6.43. The zero-order chi connectivity index (χ0) is 25.3. The number of piperidine rings is 1. The van der Waals surface area contributed by atoms with E-state index in [0.29, 0.717) is 22.6 Å². The van der Waals surface area contributed by atoms with Crippen molar-refractivity contribution in [3.05, 3.63) is 66.0 Å². The fraction of sp³-hybridized carbons (Fsp3) is 0.414. The monoisotopic (exact) mass is 485 g/mol. The van der Waals surface area contributed by atoms with Crippen molar-refractivity contribution < 1.29 is 9.90 Å². The van der Waals surface area contributed by atoms with Crippen molar-refractivity contribution in [3.8, 4) is 11.1 Å². The van der Waals surface area contributed by atoms with E-state index in [0.717, 1.165) is 48.3 Å². The highest BCUT2D eigenvalue weighted by Gasteiger charge is 2.45. The highest BCUT2D eigenvalue weighted by molar-refractivity contribution is 6.08. The van der Waals surface area contributed by atoms with Crippen molar-refractivity contribution in [1.82, 2.24) is 9.97 Å². The average molecular weight is 486 g/mol. The van der Waals surface area contributed by atoms with Gasteiger partial charge in [-0.2, -0.15) is 0 Å². The SMILES string of the molecule is Cc1ccc(NC(=O)c2ccc(NC(C)(C)CO)nc2N2CCC3(CC2)CC3)cc1-c1ccncc1. The molecule has 3 N–H and O–H groups in total. The van der Waals surface area contributed by atoms with Gasteiger partial charge in [0.2, 0.25) is 0 Å². The summed E-state index contributed by atoms with van der Waals surface area (Å²) in [4.78, 5) is 24.8. The van der Waals surface area contributed by atoms with Gasteiger partial charge in [0, 0.05) is 31.2 Å². The van der Waals surface area contributed by atoms with Crippen molar-refractivity contribution in [2.45, 2.75) is 52.0 Å². The molecule has 2 fully saturated rings. The number of aliphatic hydroxyl groups excluding tert-OH is 1. The number of amides is 1. The van der Waals surface area contributed by atoms with E-state index in [1.165, 1.54) is 12.8 Å². The van der Waals surface area contributed by atoms with E-state index in [-0.39, 0.29) is 12.5 Å². The molecule has 1 saturated heterocycles. The minimum Gasteiger partial charge on any atom is -0.394 e. The molecule has 1 spiro atoms. The van der Waals surface area contributed by atoms with E-state index >= 15 is 0 Å². The first-order valence-corrected chi connectivity index (χ1v) is 12.8. The van der Waals surface area contributed by atoms with Crippen LogP contribution in [-0.4, -0.2) is 46.2 Å². The molecule has 0 radical (unpaired) electrons. The molecule has 188 valence electrons. The second-order valence-corrected chi connectivity index (χ2v) is 10.9. The van der Waals surface area contributed by atoms with Crippen LogP contribution >= 0.6 is 0 Å². The number of aliphatic hydroxyl groups is 1. The number of pyridine rings is 2. The standard InChI is InChI=1S/C29H35N5O2/c1-20-4-5-22(18-24(20)21-8-14-30-15-9-21)31-27(36)23-6-7-25(33-28(2,3)19-35)32-26(23)34-16-12-29(10-11-29)13-17-34/h4-9,14-15,18,35H,10-13,16-17,19H2,1-3H3,(H,31,36)(H,32,33). The summed E-state index contributed by atoms with van der Waals surface area (Å²) in [6, 6.07) is 13.6. The lowest BCUT2D eigenvalue weighted by Crippen LogP contribution is -2.38. The minimum atomic E-state index is -0.515. The van der Waals surface area contributed by atoms with Gasteiger partial charge in [-0.3, -0.25) is 9.78 Å². The zero-order valence-electron chi connectivity index (χ0n) is 21.3. The second kappa shape index (κ2) is 9.54. The number of aromatic nitrogens is 2. The van der Waals surface area contributed by atoms with Crippen LogP contribution in [0.2, 0.25) is 0 Å². The maximum Gasteiger partial charge on any atom is 0.259 e. The van der Waals surface area contributed by atoms with Crippen molar-refractivity contribution in [1.29, 1.82) is 0 Å². The Labute approximate surface area is 213 Å². The molecule has 7 heteroatoms. The Bertz CT molecular complexity index is 1240. The van der Waals surface area contributed by atoms with Crippen LogP contribution in [0.1, 0.15) is 55.5 Å². The topological polar surface area (TPSA) is 90.4 Å². The smallest absolute Gasteiger partial charge is 0.259 e. The second-order valence-electron chi connectivity index (χ2n) is 10.9. The fourth-order valence-electron chi connectivity index (χ4n) is 4.93. The first-order chi connectivity index (χ1) is 17.3. The Morgan fingerprint density at radius 1 is 1.06 bits per heavy atom. The van der Waals surface area contributed by atoms with Crippen LogP contribution in [0.4, 0.5) is 17.3 Å². The number of carbonyl (C=O) groups is 1. The molecule has 0 bridgehead atoms. The predicted octanol–water partition coefficient (Wildman–Crippen LogP) is 5.27. The Balaban J connectivity index is 1.43. The third kappa shape index (κ3) is 5.21. The lowest BCUT2D eigenvalue weighted by molar-refractivity contribution is 0.102. The van der Waals surface area contributed by atoms with Crippen LogP contribution < -0.4 is 15.5 Å². The number of hydrogen-bond acceptors (Lipinski definition) is 6. The summed E-state index contributed by atoms with van der Waals surface area (Å²) >= 11 is 0. The first kappa shape index (κ1) is 24.3. The number of anilines is 3. The van der Waals surface area contributed by atoms with Crippen molar-refractivity contribution in [2.75, 3.05) is 35.2 Å². The lowest BCUT2D eigenvalue weighted by Gasteiger charge is -2.34. The largest absolute Gasteiger partial charge is 0.394 e. The van der Waals surface area contributed by atoms with E-state index < -0.39 is 5.54 Å². The van der Waals surface area contributed by atoms with E-state index in [9.17, 15) is 9.90 Å². The van der Waals surface area contributed by atoms with Gasteiger partial charge in [0.1, 0.15) is 11.6 Å². The summed E-state index contributed by atoms with van der Waals surface area (Å²) in [6.07, 6.45) is 8.47. The molecular formula is C29H35N5O2. The first-order valence-electron chi connectivity index (χ1n) is 12.8. The van der Waals surface area contributed by atoms with Gasteiger partial charge >= 0.3 is 0 Å². The highest BCUT2D eigenvalue weighted by Crippen LogP contribution is 2.54. The van der Waals surface area contributed by atoms with Crippen LogP contribution in [-0.2, 0) is 0 Å². The molecule has 1 saturated carbocycles. The molecule has 1 aliphatic heterocycles. The van der Waals surface area contributed by atoms with Crippen LogP contribution in [0.3, 0.4) is 0 Å². The molecule has 2 aromatic heterocycles. The molecule has 3 aromatic rings. The van der Waals surface area contributed by atoms with E-state index in [4.69, 9.17) is 4.98 Å². The number of carbonyl (C=O) groups excluding carboxylic acids is 1. The predicted molar refractivity (Wildman–Crippen MR) is 145 cm³/mol. The highest BCUT2D eigenvalue weighted by atomic mass is 16.3. The van der Waals surface area contributed by atoms with E-state index in [1.54, 1.807) is 12.4 Å². The molecule has 1 aromatic carbocycles. The minimum absolute atomic E-state index is 0.0221. The van der Waals surface area contributed by atoms with Crippen molar-refractivity contribution in [3.63, 3.8) is 0 Å². The summed E-state index contributed by atoms with van der Waals surface area (Å²) in [5, 5.41) is 16.1. The van der Waals surface area contributed by atoms with Crippen LogP contribution in [0.5, 0.6) is 0 Å². The molecule has 0 unspecified atom stereocenters. The number of nitrogens with zero attached hydrogens (tertiary/aromatic N) is 3. The molecule has 3 heterocycles. The third-order valence-electron chi connectivity index (χ3n) is 7.55. The number of benzene rings is 1. The number of nitrogens with one attached hydrogen (secondary N) is 2. The summed E-state index contributed by atoms with van der Waals surface area (Å²) in [5.41, 5.74) is 4.56. The zero-order valence-corrected chi connectivity index (χ0v) is 21.3. The van der Waals surface area contributed by atoms with Gasteiger partial charge in [-0.05, 0) is 105 Å². The van der Waals surface area contributed by atoms with Gasteiger partial charge in [0.15, 0.2) is 0 Å². The van der Waals surface area contributed by atoms with Gasteiger partial charge in [-0.15, -0.1) is 0 Å². The summed E-state index contributed by atoms with van der Waals surface area (Å²) < 4.78 is 0. The Hall–Kier alpha value is -3.45. The van der Waals surface area contributed by atoms with Crippen molar-refractivity contribution in [2.24, 2.45) is 5.41 Å². The van der Waals surface area contributed by atoms with E-state index in [1.807, 2.05) is 56.3 Å². The molecule has 0 atom stereocenters. The fourth-order valence-corrected chi connectivity index (χ4v) is 4.93. The average Bonchev–Trinajstić information content (AvgIpc) is 3.64. The molecule has 36 heavy (non-hydrogen) atoms. The number of rotatable bonds is 7. The van der Waals surface area contributed by atoms with Crippen LogP contribution in [0.15, 0.2) is 54.9 Å². The molecular weight excluding hydrogens is 450 g/mol.